The summed E-state index contributed by atoms with van der Waals surface area (Å²) in [5, 5.41) is 9.58. The lowest BCUT2D eigenvalue weighted by molar-refractivity contribution is 0.119. The van der Waals surface area contributed by atoms with Crippen molar-refractivity contribution in [2.24, 2.45) is 5.73 Å². The molecule has 0 radical (unpaired) electrons. The highest BCUT2D eigenvalue weighted by Crippen LogP contribution is 2.33. The summed E-state index contributed by atoms with van der Waals surface area (Å²) >= 11 is 0. The van der Waals surface area contributed by atoms with Crippen LogP contribution in [0.2, 0.25) is 0 Å². The Labute approximate surface area is 156 Å². The first-order valence-corrected chi connectivity index (χ1v) is 9.35. The van der Waals surface area contributed by atoms with Crippen LogP contribution in [0, 0.1) is 11.3 Å². The maximum Gasteiger partial charge on any atom is 0.101 e. The van der Waals surface area contributed by atoms with Crippen molar-refractivity contribution in [3.63, 3.8) is 0 Å². The molecule has 2 aromatic rings. The van der Waals surface area contributed by atoms with Crippen molar-refractivity contribution < 1.29 is 4.74 Å². The van der Waals surface area contributed by atoms with Crippen LogP contribution < -0.4 is 10.6 Å². The van der Waals surface area contributed by atoms with E-state index in [1.54, 1.807) is 0 Å². The number of hydrogen-bond donors (Lipinski definition) is 1. The van der Waals surface area contributed by atoms with E-state index in [1.807, 2.05) is 31.2 Å². The Hall–Kier alpha value is -2.35. The zero-order valence-corrected chi connectivity index (χ0v) is 15.4. The molecule has 0 aromatic heterocycles. The van der Waals surface area contributed by atoms with E-state index in [9.17, 15) is 5.26 Å². The molecule has 0 fully saturated rings. The second kappa shape index (κ2) is 8.84. The molecular weight excluding hydrogens is 322 g/mol. The molecule has 4 nitrogen and oxygen atoms in total. The average molecular weight is 349 g/mol. The fraction of sp³-hybridized carbons (Fsp3) is 0.409. The van der Waals surface area contributed by atoms with Crippen LogP contribution in [0.4, 0.5) is 5.69 Å². The summed E-state index contributed by atoms with van der Waals surface area (Å²) in [7, 11) is 0. The van der Waals surface area contributed by atoms with E-state index in [-0.39, 0.29) is 6.04 Å². The molecule has 2 N–H and O–H groups in total. The molecule has 4 heteroatoms. The van der Waals surface area contributed by atoms with Gasteiger partial charge >= 0.3 is 0 Å². The quantitative estimate of drug-likeness (QED) is 0.742. The molecule has 0 unspecified atom stereocenters. The molecule has 1 aliphatic rings. The van der Waals surface area contributed by atoms with Crippen molar-refractivity contribution in [3.05, 3.63) is 64.7 Å². The number of hydrogen-bond acceptors (Lipinski definition) is 4. The van der Waals surface area contributed by atoms with Crippen molar-refractivity contribution >= 4 is 5.69 Å². The minimum Gasteiger partial charge on any atom is -0.377 e. The molecular formula is C22H27N3O. The Morgan fingerprint density at radius 2 is 2.04 bits per heavy atom. The lowest BCUT2D eigenvalue weighted by Gasteiger charge is -2.21. The third-order valence-corrected chi connectivity index (χ3v) is 4.72. The van der Waals surface area contributed by atoms with Crippen LogP contribution >= 0.6 is 0 Å². The summed E-state index contributed by atoms with van der Waals surface area (Å²) in [5.41, 5.74) is 11.5. The van der Waals surface area contributed by atoms with Gasteiger partial charge in [0.25, 0.3) is 0 Å². The number of anilines is 1. The highest BCUT2D eigenvalue weighted by molar-refractivity contribution is 5.68. The largest absolute Gasteiger partial charge is 0.377 e. The number of nitrogens with two attached hydrogens (primary N) is 1. The van der Waals surface area contributed by atoms with Crippen molar-refractivity contribution in [2.75, 3.05) is 24.6 Å². The third kappa shape index (κ3) is 4.63. The SMILES string of the molecule is C[C@H](N)Cc1cc(C#N)c2c(c1)CCN2CCCOCc1ccccc1. The maximum atomic E-state index is 9.58. The number of fused-ring (bicyclic) bond motifs is 1. The molecule has 0 saturated carbocycles. The molecule has 1 aliphatic heterocycles. The Balaban J connectivity index is 1.55. The van der Waals surface area contributed by atoms with Gasteiger partial charge in [0.15, 0.2) is 0 Å². The Morgan fingerprint density at radius 1 is 1.23 bits per heavy atom. The first-order valence-electron chi connectivity index (χ1n) is 9.35. The summed E-state index contributed by atoms with van der Waals surface area (Å²) in [6.45, 7) is 5.28. The van der Waals surface area contributed by atoms with E-state index in [1.165, 1.54) is 16.7 Å². The molecule has 0 bridgehead atoms. The number of benzene rings is 2. The van der Waals surface area contributed by atoms with Gasteiger partial charge in [-0.1, -0.05) is 36.4 Å². The van der Waals surface area contributed by atoms with Crippen LogP contribution in [0.5, 0.6) is 0 Å². The number of rotatable bonds is 8. The zero-order valence-electron chi connectivity index (χ0n) is 15.4. The second-order valence-electron chi connectivity index (χ2n) is 7.07. The van der Waals surface area contributed by atoms with E-state index in [4.69, 9.17) is 10.5 Å². The number of nitrogens with zero attached hydrogens (tertiary/aromatic N) is 2. The monoisotopic (exact) mass is 349 g/mol. The summed E-state index contributed by atoms with van der Waals surface area (Å²) in [4.78, 5) is 2.33. The lowest BCUT2D eigenvalue weighted by atomic mass is 9.99. The highest BCUT2D eigenvalue weighted by Gasteiger charge is 2.23. The first kappa shape index (κ1) is 18.4. The minimum atomic E-state index is 0.110. The van der Waals surface area contributed by atoms with Gasteiger partial charge < -0.3 is 15.4 Å². The van der Waals surface area contributed by atoms with Gasteiger partial charge in [-0.25, -0.2) is 0 Å². The predicted octanol–water partition coefficient (Wildman–Crippen LogP) is 3.42. The molecule has 2 aromatic carbocycles. The zero-order chi connectivity index (χ0) is 18.4. The van der Waals surface area contributed by atoms with Gasteiger partial charge in [0.1, 0.15) is 6.07 Å². The second-order valence-corrected chi connectivity index (χ2v) is 7.07. The normalized spacial score (nSPS) is 14.1. The van der Waals surface area contributed by atoms with E-state index in [0.717, 1.165) is 50.2 Å². The Morgan fingerprint density at radius 3 is 2.77 bits per heavy atom. The smallest absolute Gasteiger partial charge is 0.101 e. The first-order chi connectivity index (χ1) is 12.7. The van der Waals surface area contributed by atoms with Crippen LogP contribution in [0.1, 0.15) is 35.6 Å². The maximum absolute atomic E-state index is 9.58. The van der Waals surface area contributed by atoms with Gasteiger partial charge in [0, 0.05) is 25.7 Å². The summed E-state index contributed by atoms with van der Waals surface area (Å²) in [6.07, 6.45) is 2.77. The Kier molecular flexibility index (Phi) is 6.27. The molecule has 0 aliphatic carbocycles. The topological polar surface area (TPSA) is 62.3 Å². The van der Waals surface area contributed by atoms with Crippen LogP contribution in [0.3, 0.4) is 0 Å². The van der Waals surface area contributed by atoms with Crippen molar-refractivity contribution in [1.29, 1.82) is 5.26 Å². The van der Waals surface area contributed by atoms with Gasteiger partial charge in [-0.15, -0.1) is 0 Å². The van der Waals surface area contributed by atoms with Crippen molar-refractivity contribution in [1.82, 2.24) is 0 Å². The lowest BCUT2D eigenvalue weighted by Crippen LogP contribution is -2.23. The van der Waals surface area contributed by atoms with Crippen molar-refractivity contribution in [2.45, 2.75) is 38.8 Å². The van der Waals surface area contributed by atoms with E-state index >= 15 is 0 Å². The molecule has 0 spiro atoms. The van der Waals surface area contributed by atoms with Gasteiger partial charge in [-0.2, -0.15) is 5.26 Å². The standard InChI is InChI=1S/C22H27N3O/c1-17(24)12-19-13-20-8-10-25(22(20)21(14-19)15-23)9-5-11-26-16-18-6-3-2-4-7-18/h2-4,6-7,13-14,17H,5,8-12,16,24H2,1H3/t17-/m0/s1. The van der Waals surface area contributed by atoms with E-state index in [0.29, 0.717) is 6.61 Å². The van der Waals surface area contributed by atoms with Gasteiger partial charge in [-0.05, 0) is 48.9 Å². The van der Waals surface area contributed by atoms with E-state index < -0.39 is 0 Å². The fourth-order valence-corrected chi connectivity index (χ4v) is 3.61. The van der Waals surface area contributed by atoms with Crippen LogP contribution in [0.15, 0.2) is 42.5 Å². The predicted molar refractivity (Wildman–Crippen MR) is 105 cm³/mol. The van der Waals surface area contributed by atoms with Gasteiger partial charge in [0.05, 0.1) is 17.9 Å². The summed E-state index contributed by atoms with van der Waals surface area (Å²) < 4.78 is 5.78. The van der Waals surface area contributed by atoms with Gasteiger partial charge in [-0.3, -0.25) is 0 Å². The minimum absolute atomic E-state index is 0.110. The van der Waals surface area contributed by atoms with Crippen LogP contribution in [-0.4, -0.2) is 25.7 Å². The fourth-order valence-electron chi connectivity index (χ4n) is 3.61. The molecule has 0 amide bonds. The molecule has 0 saturated heterocycles. The van der Waals surface area contributed by atoms with Gasteiger partial charge in [0.2, 0.25) is 0 Å². The van der Waals surface area contributed by atoms with Crippen LogP contribution in [0.25, 0.3) is 0 Å². The molecule has 3 rings (SSSR count). The Bertz CT molecular complexity index is 765. The molecule has 1 atom stereocenters. The molecule has 136 valence electrons. The third-order valence-electron chi connectivity index (χ3n) is 4.72. The number of nitriles is 1. The summed E-state index contributed by atoms with van der Waals surface area (Å²) in [5.74, 6) is 0. The van der Waals surface area contributed by atoms with Crippen molar-refractivity contribution in [3.8, 4) is 6.07 Å². The van der Waals surface area contributed by atoms with Crippen LogP contribution in [-0.2, 0) is 24.2 Å². The highest BCUT2D eigenvalue weighted by atomic mass is 16.5. The average Bonchev–Trinajstić information content (AvgIpc) is 3.04. The molecule has 26 heavy (non-hydrogen) atoms. The number of ether oxygens (including phenoxy) is 1. The van der Waals surface area contributed by atoms with E-state index in [2.05, 4.69) is 29.2 Å². The molecule has 1 heterocycles. The summed E-state index contributed by atoms with van der Waals surface area (Å²) in [6, 6.07) is 17.0.